The Balaban J connectivity index is 1.74. The number of aromatic nitrogens is 1. The molecular formula is C21H24N2O4. The molecule has 27 heavy (non-hydrogen) atoms. The second kappa shape index (κ2) is 6.60. The number of hydrogen-bond donors (Lipinski definition) is 1. The maximum atomic E-state index is 13.4. The zero-order chi connectivity index (χ0) is 19.2. The van der Waals surface area contributed by atoms with Crippen molar-refractivity contribution < 1.29 is 19.4 Å². The minimum atomic E-state index is -0.891. The van der Waals surface area contributed by atoms with E-state index in [1.165, 1.54) is 0 Å². The number of ether oxygens (including phenoxy) is 1. The number of amides is 1. The fourth-order valence-electron chi connectivity index (χ4n) is 4.29. The largest absolute Gasteiger partial charge is 0.481 e. The van der Waals surface area contributed by atoms with Crippen LogP contribution in [-0.2, 0) is 9.53 Å². The highest BCUT2D eigenvalue weighted by atomic mass is 16.5. The zero-order valence-corrected chi connectivity index (χ0v) is 15.6. The van der Waals surface area contributed by atoms with E-state index in [-0.39, 0.29) is 24.3 Å². The van der Waals surface area contributed by atoms with Gasteiger partial charge in [-0.25, -0.2) is 0 Å². The third-order valence-corrected chi connectivity index (χ3v) is 5.98. The van der Waals surface area contributed by atoms with E-state index in [0.717, 1.165) is 16.6 Å². The molecule has 0 bridgehead atoms. The number of para-hydroxylation sites is 1. The molecule has 0 saturated carbocycles. The molecule has 6 heteroatoms. The molecule has 1 amide bonds. The van der Waals surface area contributed by atoms with Crippen molar-refractivity contribution in [2.45, 2.75) is 26.2 Å². The molecule has 2 aliphatic heterocycles. The van der Waals surface area contributed by atoms with Gasteiger partial charge >= 0.3 is 5.97 Å². The van der Waals surface area contributed by atoms with Crippen LogP contribution in [0.1, 0.15) is 42.2 Å². The van der Waals surface area contributed by atoms with Gasteiger partial charge in [-0.2, -0.15) is 0 Å². The van der Waals surface area contributed by atoms with Crippen LogP contribution in [0.15, 0.2) is 30.3 Å². The second-order valence-electron chi connectivity index (χ2n) is 7.94. The number of carboxylic acids is 1. The van der Waals surface area contributed by atoms with Gasteiger partial charge in [-0.05, 0) is 24.5 Å². The molecule has 0 spiro atoms. The lowest BCUT2D eigenvalue weighted by atomic mass is 9.74. The van der Waals surface area contributed by atoms with Crippen molar-refractivity contribution in [1.82, 2.24) is 9.88 Å². The first kappa shape index (κ1) is 17.9. The van der Waals surface area contributed by atoms with Gasteiger partial charge in [0.1, 0.15) is 0 Å². The van der Waals surface area contributed by atoms with Gasteiger partial charge in [0.05, 0.1) is 23.1 Å². The molecule has 0 radical (unpaired) electrons. The van der Waals surface area contributed by atoms with Crippen LogP contribution in [0.3, 0.4) is 0 Å². The quantitative estimate of drug-likeness (QED) is 0.901. The third kappa shape index (κ3) is 2.88. The molecule has 0 aliphatic carbocycles. The molecule has 2 aromatic rings. The summed E-state index contributed by atoms with van der Waals surface area (Å²) < 4.78 is 5.50. The first-order valence-electron chi connectivity index (χ1n) is 9.42. The Labute approximate surface area is 158 Å². The Morgan fingerprint density at radius 3 is 2.81 bits per heavy atom. The van der Waals surface area contributed by atoms with E-state index >= 15 is 0 Å². The number of carboxylic acid groups (broad SMARTS) is 1. The summed E-state index contributed by atoms with van der Waals surface area (Å²) in [6.45, 7) is 5.58. The van der Waals surface area contributed by atoms with E-state index in [9.17, 15) is 14.7 Å². The average Bonchev–Trinajstić information content (AvgIpc) is 3.07. The van der Waals surface area contributed by atoms with Crippen molar-refractivity contribution in [3.63, 3.8) is 0 Å². The summed E-state index contributed by atoms with van der Waals surface area (Å²) >= 11 is 0. The molecule has 1 N–H and O–H groups in total. The van der Waals surface area contributed by atoms with Gasteiger partial charge in [-0.15, -0.1) is 0 Å². The maximum absolute atomic E-state index is 13.4. The van der Waals surface area contributed by atoms with Gasteiger partial charge in [-0.3, -0.25) is 14.6 Å². The van der Waals surface area contributed by atoms with Crippen LogP contribution in [0.5, 0.6) is 0 Å². The van der Waals surface area contributed by atoms with Crippen molar-refractivity contribution in [1.29, 1.82) is 0 Å². The summed E-state index contributed by atoms with van der Waals surface area (Å²) in [7, 11) is 0. The van der Waals surface area contributed by atoms with Crippen molar-refractivity contribution >= 4 is 22.8 Å². The molecule has 3 heterocycles. The lowest BCUT2D eigenvalue weighted by molar-refractivity contribution is -0.157. The molecule has 2 atom stereocenters. The van der Waals surface area contributed by atoms with Gasteiger partial charge in [0, 0.05) is 36.7 Å². The first-order chi connectivity index (χ1) is 12.9. The Kier molecular flexibility index (Phi) is 4.38. The van der Waals surface area contributed by atoms with Gasteiger partial charge in [-0.1, -0.05) is 32.0 Å². The number of carbonyl (C=O) groups excluding carboxylic acids is 1. The second-order valence-corrected chi connectivity index (χ2v) is 7.94. The van der Waals surface area contributed by atoms with Crippen LogP contribution < -0.4 is 0 Å². The highest BCUT2D eigenvalue weighted by Gasteiger charge is 2.55. The molecule has 2 saturated heterocycles. The molecule has 2 fully saturated rings. The summed E-state index contributed by atoms with van der Waals surface area (Å²) in [5.74, 6) is -0.912. The SMILES string of the molecule is CC(C)c1cc(C(=O)N2C[C@H]3COCC[C@@]3(C(=O)O)C2)c2ccccc2n1. The van der Waals surface area contributed by atoms with Crippen molar-refractivity contribution in [3.05, 3.63) is 41.6 Å². The molecule has 1 aromatic heterocycles. The number of likely N-dealkylation sites (tertiary alicyclic amines) is 1. The Bertz CT molecular complexity index is 910. The minimum absolute atomic E-state index is 0.120. The Hall–Kier alpha value is -2.47. The van der Waals surface area contributed by atoms with E-state index < -0.39 is 11.4 Å². The third-order valence-electron chi connectivity index (χ3n) is 5.98. The molecule has 1 aromatic carbocycles. The van der Waals surface area contributed by atoms with Crippen LogP contribution in [0.25, 0.3) is 10.9 Å². The van der Waals surface area contributed by atoms with Crippen LogP contribution in [0.4, 0.5) is 0 Å². The van der Waals surface area contributed by atoms with Crippen molar-refractivity contribution in [2.24, 2.45) is 11.3 Å². The summed E-state index contributed by atoms with van der Waals surface area (Å²) in [6, 6.07) is 9.48. The number of pyridine rings is 1. The van der Waals surface area contributed by atoms with Gasteiger partial charge in [0.25, 0.3) is 5.91 Å². The number of rotatable bonds is 3. The number of fused-ring (bicyclic) bond motifs is 2. The van der Waals surface area contributed by atoms with Crippen LogP contribution >= 0.6 is 0 Å². The molecule has 142 valence electrons. The fraction of sp³-hybridized carbons (Fsp3) is 0.476. The van der Waals surface area contributed by atoms with E-state index in [2.05, 4.69) is 4.98 Å². The molecule has 4 rings (SSSR count). The molecule has 0 unspecified atom stereocenters. The summed E-state index contributed by atoms with van der Waals surface area (Å²) in [5, 5.41) is 10.7. The van der Waals surface area contributed by atoms with Gasteiger partial charge < -0.3 is 14.7 Å². The Morgan fingerprint density at radius 1 is 1.33 bits per heavy atom. The number of nitrogens with zero attached hydrogens (tertiary/aromatic N) is 2. The lowest BCUT2D eigenvalue weighted by Crippen LogP contribution is -2.45. The van der Waals surface area contributed by atoms with Crippen molar-refractivity contribution in [2.75, 3.05) is 26.3 Å². The molecule has 2 aliphatic rings. The van der Waals surface area contributed by atoms with Crippen LogP contribution in [-0.4, -0.2) is 53.2 Å². The monoisotopic (exact) mass is 368 g/mol. The fourth-order valence-corrected chi connectivity index (χ4v) is 4.29. The summed E-state index contributed by atoms with van der Waals surface area (Å²) in [5.41, 5.74) is 1.37. The standard InChI is InChI=1S/C21H24N2O4/c1-13(2)18-9-16(15-5-3-4-6-17(15)22-18)19(24)23-10-14-11-27-8-7-21(14,12-23)20(25)26/h3-6,9,13-14H,7-8,10-12H2,1-2H3,(H,25,26)/t14-,21+/m0/s1. The smallest absolute Gasteiger partial charge is 0.311 e. The number of aliphatic carboxylic acids is 1. The van der Waals surface area contributed by atoms with E-state index in [1.54, 1.807) is 4.90 Å². The van der Waals surface area contributed by atoms with E-state index in [4.69, 9.17) is 4.74 Å². The van der Waals surface area contributed by atoms with E-state index in [0.29, 0.717) is 31.7 Å². The van der Waals surface area contributed by atoms with E-state index in [1.807, 2.05) is 44.2 Å². The van der Waals surface area contributed by atoms with Crippen molar-refractivity contribution in [3.8, 4) is 0 Å². The normalized spacial score (nSPS) is 25.0. The average molecular weight is 368 g/mol. The predicted octanol–water partition coefficient (Wildman–Crippen LogP) is 2.92. The highest BCUT2D eigenvalue weighted by Crippen LogP contribution is 2.43. The topological polar surface area (TPSA) is 79.7 Å². The number of benzene rings is 1. The highest BCUT2D eigenvalue weighted by molar-refractivity contribution is 6.06. The Morgan fingerprint density at radius 2 is 2.11 bits per heavy atom. The predicted molar refractivity (Wildman–Crippen MR) is 101 cm³/mol. The number of hydrogen-bond acceptors (Lipinski definition) is 4. The summed E-state index contributed by atoms with van der Waals surface area (Å²) in [4.78, 5) is 31.8. The zero-order valence-electron chi connectivity index (χ0n) is 15.6. The molecule has 6 nitrogen and oxygen atoms in total. The van der Waals surface area contributed by atoms with Crippen LogP contribution in [0, 0.1) is 11.3 Å². The summed E-state index contributed by atoms with van der Waals surface area (Å²) in [6.07, 6.45) is 0.450. The minimum Gasteiger partial charge on any atom is -0.481 e. The van der Waals surface area contributed by atoms with Gasteiger partial charge in [0.2, 0.25) is 0 Å². The number of carbonyl (C=O) groups is 2. The maximum Gasteiger partial charge on any atom is 0.311 e. The first-order valence-corrected chi connectivity index (χ1v) is 9.42. The van der Waals surface area contributed by atoms with Gasteiger partial charge in [0.15, 0.2) is 0 Å². The lowest BCUT2D eigenvalue weighted by Gasteiger charge is -2.33. The molecular weight excluding hydrogens is 344 g/mol. The van der Waals surface area contributed by atoms with Crippen LogP contribution in [0.2, 0.25) is 0 Å².